The van der Waals surface area contributed by atoms with Crippen molar-refractivity contribution in [3.63, 3.8) is 0 Å². The fourth-order valence-electron chi connectivity index (χ4n) is 2.96. The molecule has 1 aliphatic rings. The van der Waals surface area contributed by atoms with Gasteiger partial charge in [-0.3, -0.25) is 4.79 Å². The molecule has 3 rings (SSSR count). The fraction of sp³-hybridized carbons (Fsp3) is 0.263. The Morgan fingerprint density at radius 3 is 2.44 bits per heavy atom. The number of nitrogens with zero attached hydrogens (tertiary/aromatic N) is 1. The highest BCUT2D eigenvalue weighted by molar-refractivity contribution is 5.94. The number of alkyl halides is 3. The van der Waals surface area contributed by atoms with Crippen LogP contribution in [0.2, 0.25) is 0 Å². The number of cyclic esters (lactones) is 1. The van der Waals surface area contributed by atoms with E-state index in [0.29, 0.717) is 18.6 Å². The van der Waals surface area contributed by atoms with Crippen molar-refractivity contribution in [2.24, 2.45) is 0 Å². The molecule has 0 radical (unpaired) electrons. The summed E-state index contributed by atoms with van der Waals surface area (Å²) < 4.78 is 56.5. The molecule has 8 heteroatoms. The molecule has 0 spiro atoms. The molecule has 2 aromatic carbocycles. The van der Waals surface area contributed by atoms with Crippen LogP contribution < -0.4 is 0 Å². The van der Waals surface area contributed by atoms with Gasteiger partial charge < -0.3 is 4.74 Å². The Balaban J connectivity index is 1.74. The molecule has 1 fully saturated rings. The number of amides is 2. The maximum absolute atomic E-state index is 13.7. The summed E-state index contributed by atoms with van der Waals surface area (Å²) >= 11 is 0. The maximum Gasteiger partial charge on any atom is 0.419 e. The van der Waals surface area contributed by atoms with Gasteiger partial charge in [0.15, 0.2) is 0 Å². The number of carbonyl (C=O) groups is 2. The van der Waals surface area contributed by atoms with E-state index in [4.69, 9.17) is 4.74 Å². The standard InChI is InChI=1S/C19H15F4NO3/c20-16-9-13(6-7-15(16)19(21,22)23)10-17(25)24-14(11-27-18(24)26)8-12-4-2-1-3-5-12/h1-7,9,14H,8,10-11H2. The zero-order valence-electron chi connectivity index (χ0n) is 14.0. The number of benzene rings is 2. The lowest BCUT2D eigenvalue weighted by atomic mass is 10.0. The van der Waals surface area contributed by atoms with Crippen LogP contribution in [0.15, 0.2) is 48.5 Å². The van der Waals surface area contributed by atoms with Gasteiger partial charge in [-0.25, -0.2) is 14.1 Å². The molecular weight excluding hydrogens is 366 g/mol. The lowest BCUT2D eigenvalue weighted by molar-refractivity contribution is -0.140. The van der Waals surface area contributed by atoms with Crippen molar-refractivity contribution in [3.8, 4) is 0 Å². The molecule has 1 saturated heterocycles. The van der Waals surface area contributed by atoms with E-state index in [2.05, 4.69) is 0 Å². The van der Waals surface area contributed by atoms with E-state index in [1.807, 2.05) is 30.3 Å². The minimum atomic E-state index is -4.81. The number of halogens is 4. The minimum Gasteiger partial charge on any atom is -0.447 e. The van der Waals surface area contributed by atoms with Gasteiger partial charge in [-0.1, -0.05) is 36.4 Å². The summed E-state index contributed by atoms with van der Waals surface area (Å²) in [4.78, 5) is 25.4. The Hall–Kier alpha value is -2.90. The van der Waals surface area contributed by atoms with Gasteiger partial charge in [0.1, 0.15) is 12.4 Å². The first-order valence-corrected chi connectivity index (χ1v) is 8.14. The molecule has 0 N–H and O–H groups in total. The van der Waals surface area contributed by atoms with Gasteiger partial charge in [-0.2, -0.15) is 13.2 Å². The molecule has 0 aliphatic carbocycles. The monoisotopic (exact) mass is 381 g/mol. The second kappa shape index (κ2) is 7.38. The molecule has 1 unspecified atom stereocenters. The third kappa shape index (κ3) is 4.27. The number of hydrogen-bond donors (Lipinski definition) is 0. The molecule has 142 valence electrons. The molecule has 4 nitrogen and oxygen atoms in total. The van der Waals surface area contributed by atoms with E-state index in [9.17, 15) is 27.2 Å². The predicted molar refractivity (Wildman–Crippen MR) is 87.2 cm³/mol. The molecule has 2 amide bonds. The first kappa shape index (κ1) is 18.9. The topological polar surface area (TPSA) is 46.6 Å². The average molecular weight is 381 g/mol. The van der Waals surface area contributed by atoms with Gasteiger partial charge in [-0.05, 0) is 29.7 Å². The number of imide groups is 1. The Labute approximate surface area is 152 Å². The van der Waals surface area contributed by atoms with Crippen LogP contribution in [0, 0.1) is 5.82 Å². The van der Waals surface area contributed by atoms with E-state index in [0.717, 1.165) is 16.5 Å². The highest BCUT2D eigenvalue weighted by Crippen LogP contribution is 2.31. The SMILES string of the molecule is O=C(Cc1ccc(C(F)(F)F)c(F)c1)N1C(=O)OCC1Cc1ccccc1. The lowest BCUT2D eigenvalue weighted by Gasteiger charge is -2.20. The van der Waals surface area contributed by atoms with Gasteiger partial charge in [0, 0.05) is 0 Å². The molecule has 2 aromatic rings. The van der Waals surface area contributed by atoms with Gasteiger partial charge in [0.2, 0.25) is 5.91 Å². The fourth-order valence-corrected chi connectivity index (χ4v) is 2.96. The molecule has 1 aliphatic heterocycles. The molecule has 0 aromatic heterocycles. The third-order valence-electron chi connectivity index (χ3n) is 4.24. The Bertz CT molecular complexity index is 852. The van der Waals surface area contributed by atoms with Crippen LogP contribution in [0.4, 0.5) is 22.4 Å². The van der Waals surface area contributed by atoms with E-state index in [1.54, 1.807) is 0 Å². The molecule has 1 heterocycles. The van der Waals surface area contributed by atoms with Gasteiger partial charge in [0.25, 0.3) is 0 Å². The van der Waals surface area contributed by atoms with E-state index < -0.39 is 42.0 Å². The quantitative estimate of drug-likeness (QED) is 0.753. The first-order valence-electron chi connectivity index (χ1n) is 8.14. The number of carbonyl (C=O) groups excluding carboxylic acids is 2. The van der Waals surface area contributed by atoms with Gasteiger partial charge in [0.05, 0.1) is 18.0 Å². The van der Waals surface area contributed by atoms with Crippen molar-refractivity contribution < 1.29 is 31.9 Å². The van der Waals surface area contributed by atoms with Crippen LogP contribution in [-0.2, 0) is 28.5 Å². The van der Waals surface area contributed by atoms with Crippen LogP contribution in [0.5, 0.6) is 0 Å². The Kier molecular flexibility index (Phi) is 5.16. The highest BCUT2D eigenvalue weighted by atomic mass is 19.4. The summed E-state index contributed by atoms with van der Waals surface area (Å²) in [5.41, 5.74) is -0.455. The lowest BCUT2D eigenvalue weighted by Crippen LogP contribution is -2.41. The molecule has 0 bridgehead atoms. The summed E-state index contributed by atoms with van der Waals surface area (Å²) in [5.74, 6) is -2.12. The van der Waals surface area contributed by atoms with Crippen LogP contribution in [0.25, 0.3) is 0 Å². The van der Waals surface area contributed by atoms with Crippen LogP contribution >= 0.6 is 0 Å². The predicted octanol–water partition coefficient (Wildman–Crippen LogP) is 3.98. The minimum absolute atomic E-state index is 0.0286. The van der Waals surface area contributed by atoms with Gasteiger partial charge >= 0.3 is 12.3 Å². The summed E-state index contributed by atoms with van der Waals surface area (Å²) in [7, 11) is 0. The van der Waals surface area contributed by atoms with E-state index in [-0.39, 0.29) is 12.2 Å². The Morgan fingerprint density at radius 1 is 1.11 bits per heavy atom. The molecule has 0 saturated carbocycles. The number of rotatable bonds is 4. The Morgan fingerprint density at radius 2 is 1.81 bits per heavy atom. The zero-order valence-corrected chi connectivity index (χ0v) is 14.0. The van der Waals surface area contributed by atoms with Crippen molar-refractivity contribution in [1.82, 2.24) is 4.90 Å². The van der Waals surface area contributed by atoms with E-state index in [1.165, 1.54) is 0 Å². The van der Waals surface area contributed by atoms with Crippen molar-refractivity contribution in [2.45, 2.75) is 25.1 Å². The highest BCUT2D eigenvalue weighted by Gasteiger charge is 2.38. The second-order valence-corrected chi connectivity index (χ2v) is 6.17. The smallest absolute Gasteiger partial charge is 0.419 e. The largest absolute Gasteiger partial charge is 0.447 e. The number of hydrogen-bond acceptors (Lipinski definition) is 3. The van der Waals surface area contributed by atoms with Gasteiger partial charge in [-0.15, -0.1) is 0 Å². The maximum atomic E-state index is 13.7. The normalized spacial score (nSPS) is 17.1. The second-order valence-electron chi connectivity index (χ2n) is 6.17. The third-order valence-corrected chi connectivity index (χ3v) is 4.24. The van der Waals surface area contributed by atoms with Crippen molar-refractivity contribution in [1.29, 1.82) is 0 Å². The first-order chi connectivity index (χ1) is 12.8. The van der Waals surface area contributed by atoms with Crippen molar-refractivity contribution in [2.75, 3.05) is 6.61 Å². The van der Waals surface area contributed by atoms with Crippen LogP contribution in [0.3, 0.4) is 0 Å². The summed E-state index contributed by atoms with van der Waals surface area (Å²) in [5, 5.41) is 0. The molecular formula is C19H15F4NO3. The van der Waals surface area contributed by atoms with Crippen molar-refractivity contribution >= 4 is 12.0 Å². The summed E-state index contributed by atoms with van der Waals surface area (Å²) in [6, 6.07) is 10.9. The molecule has 1 atom stereocenters. The summed E-state index contributed by atoms with van der Waals surface area (Å²) in [6.45, 7) is 0.0286. The zero-order chi connectivity index (χ0) is 19.6. The van der Waals surface area contributed by atoms with E-state index >= 15 is 0 Å². The van der Waals surface area contributed by atoms with Crippen molar-refractivity contribution in [3.05, 3.63) is 71.0 Å². The average Bonchev–Trinajstić information content (AvgIpc) is 2.95. The molecule has 27 heavy (non-hydrogen) atoms. The van der Waals surface area contributed by atoms with Crippen LogP contribution in [0.1, 0.15) is 16.7 Å². The van der Waals surface area contributed by atoms with Crippen LogP contribution in [-0.4, -0.2) is 29.5 Å². The summed E-state index contributed by atoms with van der Waals surface area (Å²) in [6.07, 6.45) is -5.64. The number of ether oxygens (including phenoxy) is 1.